The molecule has 1 aromatic heterocycles. The van der Waals surface area contributed by atoms with Gasteiger partial charge in [0.2, 0.25) is 0 Å². The first-order valence-corrected chi connectivity index (χ1v) is 6.66. The Balaban J connectivity index is 1.80. The summed E-state index contributed by atoms with van der Waals surface area (Å²) in [7, 11) is 1.85. The lowest BCUT2D eigenvalue weighted by Gasteiger charge is -2.14. The number of aromatic nitrogens is 2. The lowest BCUT2D eigenvalue weighted by Crippen LogP contribution is -2.26. The van der Waals surface area contributed by atoms with E-state index in [4.69, 9.17) is 4.74 Å². The van der Waals surface area contributed by atoms with Crippen LogP contribution in [0.5, 0.6) is 5.75 Å². The summed E-state index contributed by atoms with van der Waals surface area (Å²) in [5.74, 6) is 1.57. The molecule has 5 nitrogen and oxygen atoms in total. The summed E-state index contributed by atoms with van der Waals surface area (Å²) in [6.45, 7) is 4.67. The standard InChI is InChI=1S/C15H21N3O2/c1-11-4-5-12(2)14(8-11)20-10-13(19)9-16-15-6-7-18(3)17-15/h4-8,13,19H,9-10H2,1-3H3,(H,16,17). The summed E-state index contributed by atoms with van der Waals surface area (Å²) >= 11 is 0. The van der Waals surface area contributed by atoms with E-state index in [1.165, 1.54) is 0 Å². The van der Waals surface area contributed by atoms with Crippen LogP contribution < -0.4 is 10.1 Å². The van der Waals surface area contributed by atoms with Gasteiger partial charge in [-0.2, -0.15) is 5.10 Å². The maximum atomic E-state index is 9.92. The molecule has 2 rings (SSSR count). The SMILES string of the molecule is Cc1ccc(C)c(OCC(O)CNc2ccn(C)n2)c1. The number of nitrogens with zero attached hydrogens (tertiary/aromatic N) is 2. The van der Waals surface area contributed by atoms with Crippen molar-refractivity contribution in [3.05, 3.63) is 41.6 Å². The van der Waals surface area contributed by atoms with E-state index in [9.17, 15) is 5.11 Å². The third-order valence-corrected chi connectivity index (χ3v) is 3.01. The third-order valence-electron chi connectivity index (χ3n) is 3.01. The van der Waals surface area contributed by atoms with Crippen molar-refractivity contribution in [2.75, 3.05) is 18.5 Å². The van der Waals surface area contributed by atoms with Gasteiger partial charge < -0.3 is 15.2 Å². The highest BCUT2D eigenvalue weighted by molar-refractivity contribution is 5.36. The van der Waals surface area contributed by atoms with E-state index < -0.39 is 6.10 Å². The first-order chi connectivity index (χ1) is 9.54. The lowest BCUT2D eigenvalue weighted by atomic mass is 10.1. The highest BCUT2D eigenvalue weighted by Crippen LogP contribution is 2.19. The number of hydrogen-bond donors (Lipinski definition) is 2. The number of benzene rings is 1. The Bertz CT molecular complexity index is 566. The Hall–Kier alpha value is -2.01. The van der Waals surface area contributed by atoms with Crippen LogP contribution in [0, 0.1) is 13.8 Å². The summed E-state index contributed by atoms with van der Waals surface area (Å²) in [5, 5.41) is 17.2. The second kappa shape index (κ2) is 6.43. The quantitative estimate of drug-likeness (QED) is 0.845. The molecule has 0 aliphatic rings. The Morgan fingerprint density at radius 1 is 1.35 bits per heavy atom. The van der Waals surface area contributed by atoms with Crippen molar-refractivity contribution >= 4 is 5.82 Å². The smallest absolute Gasteiger partial charge is 0.148 e. The molecule has 0 bridgehead atoms. The zero-order chi connectivity index (χ0) is 14.5. The molecule has 0 amide bonds. The van der Waals surface area contributed by atoms with E-state index in [-0.39, 0.29) is 6.61 Å². The van der Waals surface area contributed by atoms with Crippen molar-refractivity contribution in [2.24, 2.45) is 7.05 Å². The van der Waals surface area contributed by atoms with Gasteiger partial charge in [-0.15, -0.1) is 0 Å². The maximum Gasteiger partial charge on any atom is 0.148 e. The maximum absolute atomic E-state index is 9.92. The number of aliphatic hydroxyl groups is 1. The zero-order valence-corrected chi connectivity index (χ0v) is 12.1. The molecule has 2 aromatic rings. The molecule has 0 aliphatic carbocycles. The number of hydrogen-bond acceptors (Lipinski definition) is 4. The third kappa shape index (κ3) is 3.99. The minimum atomic E-state index is -0.586. The Morgan fingerprint density at radius 2 is 2.15 bits per heavy atom. The first kappa shape index (κ1) is 14.4. The highest BCUT2D eigenvalue weighted by Gasteiger charge is 2.07. The zero-order valence-electron chi connectivity index (χ0n) is 12.1. The molecule has 1 aromatic carbocycles. The number of nitrogens with one attached hydrogen (secondary N) is 1. The summed E-state index contributed by atoms with van der Waals surface area (Å²) in [6, 6.07) is 7.90. The van der Waals surface area contributed by atoms with E-state index in [1.807, 2.05) is 51.4 Å². The van der Waals surface area contributed by atoms with E-state index in [2.05, 4.69) is 10.4 Å². The van der Waals surface area contributed by atoms with Crippen molar-refractivity contribution in [3.8, 4) is 5.75 Å². The van der Waals surface area contributed by atoms with Crippen molar-refractivity contribution < 1.29 is 9.84 Å². The van der Waals surface area contributed by atoms with Crippen LogP contribution in [0.1, 0.15) is 11.1 Å². The van der Waals surface area contributed by atoms with Gasteiger partial charge >= 0.3 is 0 Å². The van der Waals surface area contributed by atoms with Gasteiger partial charge in [0.15, 0.2) is 0 Å². The van der Waals surface area contributed by atoms with Gasteiger partial charge in [-0.3, -0.25) is 4.68 Å². The van der Waals surface area contributed by atoms with E-state index >= 15 is 0 Å². The average Bonchev–Trinajstić information content (AvgIpc) is 2.83. The molecule has 1 atom stereocenters. The van der Waals surface area contributed by atoms with Gasteiger partial charge in [-0.1, -0.05) is 12.1 Å². The molecule has 0 fully saturated rings. The second-order valence-corrected chi connectivity index (χ2v) is 4.99. The minimum Gasteiger partial charge on any atom is -0.491 e. The van der Waals surface area contributed by atoms with Crippen LogP contribution in [0.3, 0.4) is 0 Å². The number of aryl methyl sites for hydroxylation is 3. The first-order valence-electron chi connectivity index (χ1n) is 6.66. The van der Waals surface area contributed by atoms with Crippen LogP contribution in [-0.4, -0.2) is 34.1 Å². The Morgan fingerprint density at radius 3 is 2.85 bits per heavy atom. The van der Waals surface area contributed by atoms with E-state index in [0.717, 1.165) is 22.7 Å². The highest BCUT2D eigenvalue weighted by atomic mass is 16.5. The van der Waals surface area contributed by atoms with Crippen LogP contribution in [-0.2, 0) is 7.05 Å². The number of anilines is 1. The molecule has 1 heterocycles. The predicted molar refractivity (Wildman–Crippen MR) is 79.1 cm³/mol. The van der Waals surface area contributed by atoms with Gasteiger partial charge in [0.25, 0.3) is 0 Å². The fourth-order valence-electron chi connectivity index (χ4n) is 1.84. The van der Waals surface area contributed by atoms with Crippen LogP contribution in [0.2, 0.25) is 0 Å². The summed E-state index contributed by atoms with van der Waals surface area (Å²) in [6.07, 6.45) is 1.26. The number of aliphatic hydroxyl groups excluding tert-OH is 1. The molecule has 0 spiro atoms. The molecule has 108 valence electrons. The molecule has 0 aliphatic heterocycles. The number of rotatable bonds is 6. The topological polar surface area (TPSA) is 59.3 Å². The van der Waals surface area contributed by atoms with Crippen molar-refractivity contribution in [1.29, 1.82) is 0 Å². The fraction of sp³-hybridized carbons (Fsp3) is 0.400. The molecular weight excluding hydrogens is 254 g/mol. The van der Waals surface area contributed by atoms with Crippen LogP contribution in [0.25, 0.3) is 0 Å². The summed E-state index contributed by atoms with van der Waals surface area (Å²) in [4.78, 5) is 0. The summed E-state index contributed by atoms with van der Waals surface area (Å²) in [5.41, 5.74) is 2.21. The largest absolute Gasteiger partial charge is 0.491 e. The predicted octanol–water partition coefficient (Wildman–Crippen LogP) is 1.89. The van der Waals surface area contributed by atoms with Crippen molar-refractivity contribution in [2.45, 2.75) is 20.0 Å². The van der Waals surface area contributed by atoms with Gasteiger partial charge in [-0.25, -0.2) is 0 Å². The van der Waals surface area contributed by atoms with Crippen molar-refractivity contribution in [3.63, 3.8) is 0 Å². The van der Waals surface area contributed by atoms with Gasteiger partial charge in [0.05, 0.1) is 0 Å². The molecule has 0 saturated heterocycles. The molecule has 20 heavy (non-hydrogen) atoms. The molecule has 1 unspecified atom stereocenters. The van der Waals surface area contributed by atoms with Gasteiger partial charge in [0.1, 0.15) is 24.3 Å². The normalized spacial score (nSPS) is 12.2. The molecule has 5 heteroatoms. The average molecular weight is 275 g/mol. The van der Waals surface area contributed by atoms with Gasteiger partial charge in [-0.05, 0) is 31.0 Å². The molecule has 2 N–H and O–H groups in total. The monoisotopic (exact) mass is 275 g/mol. The molecule has 0 saturated carbocycles. The van der Waals surface area contributed by atoms with Crippen LogP contribution in [0.15, 0.2) is 30.5 Å². The van der Waals surface area contributed by atoms with Crippen molar-refractivity contribution in [1.82, 2.24) is 9.78 Å². The molecule has 0 radical (unpaired) electrons. The van der Waals surface area contributed by atoms with Gasteiger partial charge in [0, 0.05) is 25.9 Å². The Labute approximate surface area is 119 Å². The van der Waals surface area contributed by atoms with Crippen LogP contribution >= 0.6 is 0 Å². The lowest BCUT2D eigenvalue weighted by molar-refractivity contribution is 0.117. The second-order valence-electron chi connectivity index (χ2n) is 4.99. The number of ether oxygens (including phenoxy) is 1. The van der Waals surface area contributed by atoms with E-state index in [1.54, 1.807) is 4.68 Å². The molecular formula is C15H21N3O2. The minimum absolute atomic E-state index is 0.254. The van der Waals surface area contributed by atoms with E-state index in [0.29, 0.717) is 6.54 Å². The Kier molecular flexibility index (Phi) is 4.63. The fourth-order valence-corrected chi connectivity index (χ4v) is 1.84. The van der Waals surface area contributed by atoms with Crippen LogP contribution in [0.4, 0.5) is 5.82 Å². The summed E-state index contributed by atoms with van der Waals surface area (Å²) < 4.78 is 7.37.